The predicted octanol–water partition coefficient (Wildman–Crippen LogP) is 3.69. The molecular formula is C15H18N2O. The quantitative estimate of drug-likeness (QED) is 0.873. The Labute approximate surface area is 108 Å². The van der Waals surface area contributed by atoms with Gasteiger partial charge in [0.15, 0.2) is 0 Å². The zero-order valence-corrected chi connectivity index (χ0v) is 11.2. The standard InChI is InChI=1S/C15H18N2O/c1-9-5-6-10(2)14(12(9)4)18-15-13(16)8-7-11(3)17-15/h5-8H,16H2,1-4H3. The molecule has 1 heterocycles. The van der Waals surface area contributed by atoms with Crippen molar-refractivity contribution in [2.45, 2.75) is 27.7 Å². The fraction of sp³-hybridized carbons (Fsp3) is 0.267. The van der Waals surface area contributed by atoms with Crippen LogP contribution in [0.5, 0.6) is 11.6 Å². The molecule has 0 bridgehead atoms. The van der Waals surface area contributed by atoms with E-state index in [2.05, 4.69) is 18.0 Å². The number of pyridine rings is 1. The summed E-state index contributed by atoms with van der Waals surface area (Å²) in [4.78, 5) is 4.33. The Balaban J connectivity index is 2.46. The Morgan fingerprint density at radius 2 is 1.61 bits per heavy atom. The Kier molecular flexibility index (Phi) is 3.24. The van der Waals surface area contributed by atoms with Gasteiger partial charge in [-0.15, -0.1) is 0 Å². The van der Waals surface area contributed by atoms with Gasteiger partial charge in [-0.05, 0) is 56.5 Å². The van der Waals surface area contributed by atoms with E-state index in [4.69, 9.17) is 10.5 Å². The van der Waals surface area contributed by atoms with Crippen molar-refractivity contribution in [3.63, 3.8) is 0 Å². The summed E-state index contributed by atoms with van der Waals surface area (Å²) in [6.45, 7) is 8.05. The highest BCUT2D eigenvalue weighted by Gasteiger charge is 2.10. The topological polar surface area (TPSA) is 48.1 Å². The van der Waals surface area contributed by atoms with Crippen LogP contribution in [0, 0.1) is 27.7 Å². The number of nitrogens with two attached hydrogens (primary N) is 1. The summed E-state index contributed by atoms with van der Waals surface area (Å²) in [5.41, 5.74) is 10.7. The Morgan fingerprint density at radius 3 is 2.33 bits per heavy atom. The summed E-state index contributed by atoms with van der Waals surface area (Å²) < 4.78 is 5.90. The third kappa shape index (κ3) is 2.30. The first-order valence-electron chi connectivity index (χ1n) is 5.97. The molecule has 2 rings (SSSR count). The maximum Gasteiger partial charge on any atom is 0.242 e. The first kappa shape index (κ1) is 12.4. The van der Waals surface area contributed by atoms with Crippen molar-refractivity contribution in [3.05, 3.63) is 46.6 Å². The molecule has 0 aliphatic carbocycles. The molecule has 0 radical (unpaired) electrons. The van der Waals surface area contributed by atoms with Gasteiger partial charge in [0, 0.05) is 5.69 Å². The number of nitrogen functional groups attached to an aromatic ring is 1. The molecular weight excluding hydrogens is 224 g/mol. The van der Waals surface area contributed by atoms with Gasteiger partial charge in [-0.2, -0.15) is 0 Å². The van der Waals surface area contributed by atoms with E-state index in [1.807, 2.05) is 39.0 Å². The number of rotatable bonds is 2. The van der Waals surface area contributed by atoms with E-state index in [0.717, 1.165) is 22.6 Å². The fourth-order valence-electron chi connectivity index (χ4n) is 1.80. The third-order valence-corrected chi connectivity index (χ3v) is 3.10. The van der Waals surface area contributed by atoms with Crippen LogP contribution in [0.2, 0.25) is 0 Å². The minimum atomic E-state index is 0.479. The van der Waals surface area contributed by atoms with Gasteiger partial charge in [0.05, 0.1) is 5.69 Å². The van der Waals surface area contributed by atoms with Gasteiger partial charge >= 0.3 is 0 Å². The molecule has 0 spiro atoms. The maximum absolute atomic E-state index is 5.90. The van der Waals surface area contributed by atoms with Crippen molar-refractivity contribution in [3.8, 4) is 11.6 Å². The monoisotopic (exact) mass is 242 g/mol. The Hall–Kier alpha value is -2.03. The lowest BCUT2D eigenvalue weighted by Crippen LogP contribution is -1.99. The highest BCUT2D eigenvalue weighted by Crippen LogP contribution is 2.32. The zero-order chi connectivity index (χ0) is 13.3. The van der Waals surface area contributed by atoms with Crippen molar-refractivity contribution < 1.29 is 4.74 Å². The molecule has 1 aromatic heterocycles. The van der Waals surface area contributed by atoms with Gasteiger partial charge in [-0.3, -0.25) is 0 Å². The number of aryl methyl sites for hydroxylation is 3. The van der Waals surface area contributed by atoms with Crippen LogP contribution in [-0.4, -0.2) is 4.98 Å². The van der Waals surface area contributed by atoms with E-state index < -0.39 is 0 Å². The summed E-state index contributed by atoms with van der Waals surface area (Å²) in [6, 6.07) is 7.82. The molecule has 0 fully saturated rings. The molecule has 0 saturated carbocycles. The second-order valence-corrected chi connectivity index (χ2v) is 4.60. The molecule has 3 nitrogen and oxygen atoms in total. The fourth-order valence-corrected chi connectivity index (χ4v) is 1.80. The van der Waals surface area contributed by atoms with Crippen molar-refractivity contribution in [2.75, 3.05) is 5.73 Å². The highest BCUT2D eigenvalue weighted by atomic mass is 16.5. The van der Waals surface area contributed by atoms with Crippen LogP contribution in [0.25, 0.3) is 0 Å². The SMILES string of the molecule is Cc1ccc(N)c(Oc2c(C)ccc(C)c2C)n1. The average Bonchev–Trinajstić information content (AvgIpc) is 2.34. The molecule has 0 amide bonds. The highest BCUT2D eigenvalue weighted by molar-refractivity contribution is 5.53. The van der Waals surface area contributed by atoms with E-state index in [-0.39, 0.29) is 0 Å². The number of benzene rings is 1. The van der Waals surface area contributed by atoms with Crippen molar-refractivity contribution in [1.82, 2.24) is 4.98 Å². The molecule has 1 aromatic carbocycles. The number of aromatic nitrogens is 1. The second kappa shape index (κ2) is 4.69. The van der Waals surface area contributed by atoms with Gasteiger partial charge in [0.2, 0.25) is 5.88 Å². The van der Waals surface area contributed by atoms with E-state index in [0.29, 0.717) is 11.6 Å². The minimum Gasteiger partial charge on any atom is -0.437 e. The Morgan fingerprint density at radius 1 is 0.944 bits per heavy atom. The van der Waals surface area contributed by atoms with Crippen molar-refractivity contribution in [2.24, 2.45) is 0 Å². The van der Waals surface area contributed by atoms with Crippen molar-refractivity contribution >= 4 is 5.69 Å². The molecule has 0 aliphatic rings. The summed E-state index contributed by atoms with van der Waals surface area (Å²) in [5.74, 6) is 1.33. The predicted molar refractivity (Wildman–Crippen MR) is 74.1 cm³/mol. The molecule has 0 atom stereocenters. The molecule has 0 saturated heterocycles. The number of hydrogen-bond donors (Lipinski definition) is 1. The normalized spacial score (nSPS) is 10.4. The number of nitrogens with zero attached hydrogens (tertiary/aromatic N) is 1. The average molecular weight is 242 g/mol. The van der Waals surface area contributed by atoms with Gasteiger partial charge in [-0.1, -0.05) is 12.1 Å². The van der Waals surface area contributed by atoms with Crippen LogP contribution in [0.4, 0.5) is 5.69 Å². The van der Waals surface area contributed by atoms with Crippen molar-refractivity contribution in [1.29, 1.82) is 0 Å². The maximum atomic E-state index is 5.90. The van der Waals surface area contributed by atoms with E-state index in [1.54, 1.807) is 0 Å². The smallest absolute Gasteiger partial charge is 0.242 e. The number of ether oxygens (including phenoxy) is 1. The molecule has 0 unspecified atom stereocenters. The number of anilines is 1. The lowest BCUT2D eigenvalue weighted by Gasteiger charge is -2.14. The molecule has 2 aromatic rings. The first-order valence-corrected chi connectivity index (χ1v) is 5.97. The number of hydrogen-bond acceptors (Lipinski definition) is 3. The summed E-state index contributed by atoms with van der Waals surface area (Å²) in [6.07, 6.45) is 0. The third-order valence-electron chi connectivity index (χ3n) is 3.10. The first-order chi connectivity index (χ1) is 8.49. The van der Waals surface area contributed by atoms with Gasteiger partial charge in [-0.25, -0.2) is 4.98 Å². The summed E-state index contributed by atoms with van der Waals surface area (Å²) >= 11 is 0. The molecule has 18 heavy (non-hydrogen) atoms. The van der Waals surface area contributed by atoms with Gasteiger partial charge < -0.3 is 10.5 Å². The van der Waals surface area contributed by atoms with E-state index >= 15 is 0 Å². The minimum absolute atomic E-state index is 0.479. The van der Waals surface area contributed by atoms with Crippen LogP contribution in [0.15, 0.2) is 24.3 Å². The van der Waals surface area contributed by atoms with Crippen LogP contribution in [0.1, 0.15) is 22.4 Å². The second-order valence-electron chi connectivity index (χ2n) is 4.60. The lowest BCUT2D eigenvalue weighted by atomic mass is 10.1. The Bertz CT molecular complexity index is 591. The van der Waals surface area contributed by atoms with Gasteiger partial charge in [0.1, 0.15) is 5.75 Å². The van der Waals surface area contributed by atoms with Gasteiger partial charge in [0.25, 0.3) is 0 Å². The summed E-state index contributed by atoms with van der Waals surface area (Å²) in [5, 5.41) is 0. The molecule has 3 heteroatoms. The van der Waals surface area contributed by atoms with E-state index in [9.17, 15) is 0 Å². The largest absolute Gasteiger partial charge is 0.437 e. The zero-order valence-electron chi connectivity index (χ0n) is 11.2. The van der Waals surface area contributed by atoms with Crippen LogP contribution < -0.4 is 10.5 Å². The van der Waals surface area contributed by atoms with E-state index in [1.165, 1.54) is 5.56 Å². The van der Waals surface area contributed by atoms with Crippen LogP contribution in [-0.2, 0) is 0 Å². The van der Waals surface area contributed by atoms with Crippen LogP contribution >= 0.6 is 0 Å². The lowest BCUT2D eigenvalue weighted by molar-refractivity contribution is 0.457. The molecule has 94 valence electrons. The summed E-state index contributed by atoms with van der Waals surface area (Å²) in [7, 11) is 0. The van der Waals surface area contributed by atoms with Crippen LogP contribution in [0.3, 0.4) is 0 Å². The molecule has 0 aliphatic heterocycles. The molecule has 2 N–H and O–H groups in total.